The molecule has 2 aliphatic rings. The quantitative estimate of drug-likeness (QED) is 0.167. The van der Waals surface area contributed by atoms with Gasteiger partial charge in [-0.05, 0) is 161 Å². The second-order valence-corrected chi connectivity index (χ2v) is 21.3. The van der Waals surface area contributed by atoms with Crippen molar-refractivity contribution in [3.05, 3.63) is 229 Å². The normalized spacial score (nSPS) is 14.5. The molecule has 2 heteroatoms. The van der Waals surface area contributed by atoms with Crippen LogP contribution in [0.1, 0.15) is 49.9 Å². The lowest BCUT2D eigenvalue weighted by molar-refractivity contribution is 0.660. The van der Waals surface area contributed by atoms with Gasteiger partial charge in [-0.15, -0.1) is 0 Å². The van der Waals surface area contributed by atoms with Crippen molar-refractivity contribution >= 4 is 81.4 Å². The number of nitrogens with zero attached hydrogens (tertiary/aromatic N) is 2. The first-order chi connectivity index (χ1) is 34.2. The molecule has 0 unspecified atom stereocenters. The Morgan fingerprint density at radius 1 is 0.300 bits per heavy atom. The third-order valence-electron chi connectivity index (χ3n) is 17.0. The van der Waals surface area contributed by atoms with Crippen molar-refractivity contribution < 1.29 is 0 Å². The zero-order valence-electron chi connectivity index (χ0n) is 39.5. The molecule has 0 fully saturated rings. The van der Waals surface area contributed by atoms with Gasteiger partial charge in [0, 0.05) is 48.8 Å². The van der Waals surface area contributed by atoms with E-state index in [9.17, 15) is 0 Å². The van der Waals surface area contributed by atoms with Crippen molar-refractivity contribution in [2.45, 2.75) is 38.5 Å². The molecule has 0 radical (unpaired) electrons. The van der Waals surface area contributed by atoms with Gasteiger partial charge in [0.05, 0.1) is 27.6 Å². The second-order valence-electron chi connectivity index (χ2n) is 21.3. The minimum atomic E-state index is -0.0209. The smallest absolute Gasteiger partial charge is 0.0642 e. The summed E-state index contributed by atoms with van der Waals surface area (Å²) in [6, 6.07) is 78.6. The van der Waals surface area contributed by atoms with Gasteiger partial charge >= 0.3 is 0 Å². The van der Waals surface area contributed by atoms with E-state index in [0.717, 1.165) is 0 Å². The standard InChI is InChI=1S/C68H46N2/c1-67(2)57-19-11-8-16-48(57)51-32-41(26-28-59(51)67)39-22-24-43-36-62-53(34-45(43)30-39)55-38-54-50-18-10-13-21-61(50)69(47-14-6-5-7-15-47)65(54)64-56-35-46-31-40(23-25-44(46)37-63(56)70(62)66(55)64)42-27-29-60-52(33-42)49-17-9-12-20-58(49)68(60,3)4/h5-38H,1-4H3. The Balaban J connectivity index is 0.952. The first kappa shape index (κ1) is 38.5. The zero-order chi connectivity index (χ0) is 46.4. The van der Waals surface area contributed by atoms with E-state index in [1.165, 1.54) is 154 Å². The van der Waals surface area contributed by atoms with Crippen LogP contribution >= 0.6 is 0 Å². The highest BCUT2D eigenvalue weighted by Gasteiger charge is 2.36. The molecule has 0 bridgehead atoms. The van der Waals surface area contributed by atoms with Crippen molar-refractivity contribution in [2.75, 3.05) is 0 Å². The third kappa shape index (κ3) is 4.88. The molecular weight excluding hydrogens is 845 g/mol. The first-order valence-electron chi connectivity index (χ1n) is 24.8. The molecule has 3 heterocycles. The predicted octanol–water partition coefficient (Wildman–Crippen LogP) is 18.2. The highest BCUT2D eigenvalue weighted by Crippen LogP contribution is 2.52. The number of hydrogen-bond acceptors (Lipinski definition) is 0. The summed E-state index contributed by atoms with van der Waals surface area (Å²) in [7, 11) is 0. The van der Waals surface area contributed by atoms with Crippen molar-refractivity contribution in [1.82, 2.24) is 8.97 Å². The van der Waals surface area contributed by atoms with Gasteiger partial charge in [0.25, 0.3) is 0 Å². The molecule has 11 aromatic carbocycles. The van der Waals surface area contributed by atoms with Gasteiger partial charge in [0.15, 0.2) is 0 Å². The summed E-state index contributed by atoms with van der Waals surface area (Å²) < 4.78 is 5.10. The Bertz CT molecular complexity index is 4630. The van der Waals surface area contributed by atoms with Crippen LogP contribution in [0.5, 0.6) is 0 Å². The highest BCUT2D eigenvalue weighted by atomic mass is 15.0. The first-order valence-corrected chi connectivity index (χ1v) is 24.8. The largest absolute Gasteiger partial charge is 0.309 e. The van der Waals surface area contributed by atoms with E-state index in [2.05, 4.69) is 243 Å². The summed E-state index contributed by atoms with van der Waals surface area (Å²) in [6.07, 6.45) is 0. The van der Waals surface area contributed by atoms with Crippen molar-refractivity contribution in [2.24, 2.45) is 0 Å². The fraction of sp³-hybridized carbons (Fsp3) is 0.0882. The van der Waals surface area contributed by atoms with Gasteiger partial charge < -0.3 is 8.97 Å². The van der Waals surface area contributed by atoms with E-state index in [0.29, 0.717) is 0 Å². The lowest BCUT2D eigenvalue weighted by Crippen LogP contribution is -2.14. The molecule has 0 saturated carbocycles. The van der Waals surface area contributed by atoms with E-state index in [4.69, 9.17) is 0 Å². The van der Waals surface area contributed by atoms with Crippen molar-refractivity contribution in [1.29, 1.82) is 0 Å². The molecule has 0 amide bonds. The van der Waals surface area contributed by atoms with Crippen LogP contribution in [0, 0.1) is 0 Å². The molecule has 3 aromatic heterocycles. The molecule has 0 atom stereocenters. The zero-order valence-corrected chi connectivity index (χ0v) is 39.5. The van der Waals surface area contributed by atoms with Gasteiger partial charge in [-0.1, -0.05) is 161 Å². The second kappa shape index (κ2) is 13.2. The minimum absolute atomic E-state index is 0.0156. The van der Waals surface area contributed by atoms with Crippen LogP contribution in [0.25, 0.3) is 132 Å². The van der Waals surface area contributed by atoms with Gasteiger partial charge in [-0.3, -0.25) is 0 Å². The number of para-hydroxylation sites is 2. The van der Waals surface area contributed by atoms with Gasteiger partial charge in [0.2, 0.25) is 0 Å². The molecule has 0 spiro atoms. The molecule has 0 N–H and O–H groups in total. The highest BCUT2D eigenvalue weighted by molar-refractivity contribution is 6.35. The van der Waals surface area contributed by atoms with Crippen molar-refractivity contribution in [3.63, 3.8) is 0 Å². The van der Waals surface area contributed by atoms with Crippen LogP contribution in [0.2, 0.25) is 0 Å². The molecule has 0 aliphatic heterocycles. The number of benzene rings is 11. The number of aromatic nitrogens is 2. The molecule has 2 nitrogen and oxygen atoms in total. The Morgan fingerprint density at radius 3 is 1.41 bits per heavy atom. The molecule has 328 valence electrons. The third-order valence-corrected chi connectivity index (χ3v) is 17.0. The topological polar surface area (TPSA) is 9.34 Å². The average molecular weight is 891 g/mol. The van der Waals surface area contributed by atoms with Crippen LogP contribution < -0.4 is 0 Å². The van der Waals surface area contributed by atoms with Crippen LogP contribution in [0.3, 0.4) is 0 Å². The Kier molecular flexibility index (Phi) is 7.26. The van der Waals surface area contributed by atoms with Crippen LogP contribution in [0.15, 0.2) is 206 Å². The SMILES string of the molecule is CC1(C)c2ccccc2-c2cc(-c3ccc4cc5c(cc4c3)c3cc4c6ccccc6n(-c6ccccc6)c4c4c6cc7cc(-c8ccc9c(c8)-c8ccccc8C9(C)C)ccc7cc6n5c34)ccc21. The lowest BCUT2D eigenvalue weighted by Gasteiger charge is -2.21. The number of hydrogen-bond donors (Lipinski definition) is 0. The average Bonchev–Trinajstić information content (AvgIpc) is 4.14. The molecule has 2 aliphatic carbocycles. The van der Waals surface area contributed by atoms with Gasteiger partial charge in [-0.25, -0.2) is 0 Å². The fourth-order valence-corrected chi connectivity index (χ4v) is 13.5. The van der Waals surface area contributed by atoms with E-state index in [1.54, 1.807) is 0 Å². The maximum atomic E-state index is 2.59. The minimum Gasteiger partial charge on any atom is -0.309 e. The molecule has 14 aromatic rings. The monoisotopic (exact) mass is 890 g/mol. The van der Waals surface area contributed by atoms with E-state index < -0.39 is 0 Å². The van der Waals surface area contributed by atoms with E-state index >= 15 is 0 Å². The van der Waals surface area contributed by atoms with E-state index in [1.807, 2.05) is 0 Å². The van der Waals surface area contributed by atoms with Gasteiger partial charge in [0.1, 0.15) is 0 Å². The number of rotatable bonds is 3. The van der Waals surface area contributed by atoms with Crippen LogP contribution in [-0.2, 0) is 10.8 Å². The Labute approximate surface area is 405 Å². The summed E-state index contributed by atoms with van der Waals surface area (Å²) >= 11 is 0. The lowest BCUT2D eigenvalue weighted by atomic mass is 9.82. The summed E-state index contributed by atoms with van der Waals surface area (Å²) in [4.78, 5) is 0. The maximum Gasteiger partial charge on any atom is 0.0642 e. The maximum absolute atomic E-state index is 2.59. The number of fused-ring (bicyclic) bond motifs is 18. The van der Waals surface area contributed by atoms with Crippen LogP contribution in [0.4, 0.5) is 0 Å². The summed E-state index contributed by atoms with van der Waals surface area (Å²) in [5, 5.41) is 12.7. The Morgan fingerprint density at radius 2 is 0.786 bits per heavy atom. The Hall–Kier alpha value is -8.46. The van der Waals surface area contributed by atoms with Crippen molar-refractivity contribution in [3.8, 4) is 50.2 Å². The fourth-order valence-electron chi connectivity index (χ4n) is 13.5. The molecule has 70 heavy (non-hydrogen) atoms. The van der Waals surface area contributed by atoms with Gasteiger partial charge in [-0.2, -0.15) is 0 Å². The predicted molar refractivity (Wildman–Crippen MR) is 296 cm³/mol. The van der Waals surface area contributed by atoms with Crippen LogP contribution in [-0.4, -0.2) is 8.97 Å². The summed E-state index contributed by atoms with van der Waals surface area (Å²) in [5.74, 6) is 0. The molecule has 0 saturated heterocycles. The van der Waals surface area contributed by atoms with E-state index in [-0.39, 0.29) is 10.8 Å². The summed E-state index contributed by atoms with van der Waals surface area (Å²) in [5.41, 5.74) is 23.4. The summed E-state index contributed by atoms with van der Waals surface area (Å²) in [6.45, 7) is 9.43. The molecule has 16 rings (SSSR count). The molecular formula is C68H46N2.